The molecule has 0 atom stereocenters. The maximum absolute atomic E-state index is 10.4. The van der Waals surface area contributed by atoms with Gasteiger partial charge in [-0.05, 0) is 4.92 Å². The van der Waals surface area contributed by atoms with Crippen molar-refractivity contribution >= 4 is 11.9 Å². The normalized spacial score (nSPS) is 9.67. The maximum atomic E-state index is 10.4. The fraction of sp³-hybridized carbons (Fsp3) is 0.200. The van der Waals surface area contributed by atoms with Crippen LogP contribution in [0.3, 0.4) is 0 Å². The Morgan fingerprint density at radius 3 is 3.00 bits per heavy atom. The molecule has 12 heavy (non-hydrogen) atoms. The van der Waals surface area contributed by atoms with Crippen molar-refractivity contribution in [2.45, 2.75) is 6.54 Å². The lowest BCUT2D eigenvalue weighted by molar-refractivity contribution is -0.396. The molecular formula is C5H6N4O3. The Bertz CT molecular complexity index is 318. The predicted molar refractivity (Wildman–Crippen MR) is 38.1 cm³/mol. The SMILES string of the molecule is NC(=O)Cn1ccnc1[N+](=O)[O-]. The summed E-state index contributed by atoms with van der Waals surface area (Å²) >= 11 is 0. The van der Waals surface area contributed by atoms with E-state index < -0.39 is 10.8 Å². The molecule has 0 saturated heterocycles. The van der Waals surface area contributed by atoms with Gasteiger partial charge in [-0.3, -0.25) is 4.79 Å². The highest BCUT2D eigenvalue weighted by Gasteiger charge is 2.14. The van der Waals surface area contributed by atoms with E-state index in [1.54, 1.807) is 0 Å². The lowest BCUT2D eigenvalue weighted by Crippen LogP contribution is -2.19. The quantitative estimate of drug-likeness (QED) is 0.477. The van der Waals surface area contributed by atoms with Crippen LogP contribution in [0.25, 0.3) is 0 Å². The average Bonchev–Trinajstić information content (AvgIpc) is 2.33. The summed E-state index contributed by atoms with van der Waals surface area (Å²) in [6.45, 7) is -0.226. The fourth-order valence-electron chi connectivity index (χ4n) is 0.765. The van der Waals surface area contributed by atoms with Crippen LogP contribution in [0.5, 0.6) is 0 Å². The lowest BCUT2D eigenvalue weighted by atomic mass is 10.6. The van der Waals surface area contributed by atoms with E-state index >= 15 is 0 Å². The van der Waals surface area contributed by atoms with Gasteiger partial charge in [0.05, 0.1) is 0 Å². The number of imidazole rings is 1. The number of carbonyl (C=O) groups excluding carboxylic acids is 1. The van der Waals surface area contributed by atoms with Crippen molar-refractivity contribution < 1.29 is 9.72 Å². The zero-order valence-corrected chi connectivity index (χ0v) is 6.01. The third-order valence-electron chi connectivity index (χ3n) is 1.18. The van der Waals surface area contributed by atoms with E-state index in [2.05, 4.69) is 4.98 Å². The van der Waals surface area contributed by atoms with Crippen molar-refractivity contribution in [3.63, 3.8) is 0 Å². The molecule has 64 valence electrons. The van der Waals surface area contributed by atoms with E-state index in [1.165, 1.54) is 12.4 Å². The first-order chi connectivity index (χ1) is 5.61. The number of aromatic nitrogens is 2. The molecule has 1 aromatic heterocycles. The number of nitrogens with zero attached hydrogens (tertiary/aromatic N) is 3. The zero-order chi connectivity index (χ0) is 9.14. The lowest BCUT2D eigenvalue weighted by Gasteiger charge is -1.96. The van der Waals surface area contributed by atoms with Gasteiger partial charge in [0.1, 0.15) is 12.4 Å². The standard InChI is InChI=1S/C5H6N4O3/c6-4(10)3-8-2-1-7-5(8)9(11)12/h1-2H,3H2,(H2,6,10). The molecule has 0 spiro atoms. The summed E-state index contributed by atoms with van der Waals surface area (Å²) in [6.07, 6.45) is 2.56. The number of amides is 1. The first-order valence-corrected chi connectivity index (χ1v) is 3.05. The number of nitrogens with two attached hydrogens (primary N) is 1. The number of hydrogen-bond acceptors (Lipinski definition) is 4. The van der Waals surface area contributed by atoms with E-state index in [0.717, 1.165) is 4.57 Å². The number of hydrogen-bond donors (Lipinski definition) is 1. The summed E-state index contributed by atoms with van der Waals surface area (Å²) in [6, 6.07) is 0. The van der Waals surface area contributed by atoms with Crippen LogP contribution in [0, 0.1) is 10.1 Å². The summed E-state index contributed by atoms with van der Waals surface area (Å²) in [5, 5.41) is 10.2. The van der Waals surface area contributed by atoms with Crippen LogP contribution in [0.1, 0.15) is 0 Å². The molecule has 7 heteroatoms. The molecule has 0 fully saturated rings. The fourth-order valence-corrected chi connectivity index (χ4v) is 0.765. The second-order valence-corrected chi connectivity index (χ2v) is 2.08. The monoisotopic (exact) mass is 170 g/mol. The molecule has 0 bridgehead atoms. The van der Waals surface area contributed by atoms with Gasteiger partial charge in [0.15, 0.2) is 6.54 Å². The molecule has 0 radical (unpaired) electrons. The van der Waals surface area contributed by atoms with Crippen LogP contribution in [-0.4, -0.2) is 20.4 Å². The van der Waals surface area contributed by atoms with Gasteiger partial charge in [0.2, 0.25) is 0 Å². The molecule has 0 aromatic carbocycles. The number of carbonyl (C=O) groups is 1. The van der Waals surface area contributed by atoms with Crippen molar-refractivity contribution in [1.82, 2.24) is 9.55 Å². The highest BCUT2D eigenvalue weighted by molar-refractivity contribution is 5.73. The molecule has 2 N–H and O–H groups in total. The average molecular weight is 170 g/mol. The van der Waals surface area contributed by atoms with Gasteiger partial charge in [0, 0.05) is 0 Å². The third-order valence-corrected chi connectivity index (χ3v) is 1.18. The molecule has 0 aliphatic rings. The van der Waals surface area contributed by atoms with E-state index in [9.17, 15) is 14.9 Å². The molecule has 1 rings (SSSR count). The van der Waals surface area contributed by atoms with Gasteiger partial charge < -0.3 is 15.8 Å². The van der Waals surface area contributed by atoms with E-state index in [1.807, 2.05) is 0 Å². The minimum atomic E-state index is -0.678. The molecule has 0 aliphatic carbocycles. The first kappa shape index (κ1) is 8.18. The zero-order valence-electron chi connectivity index (χ0n) is 6.01. The first-order valence-electron chi connectivity index (χ1n) is 3.05. The van der Waals surface area contributed by atoms with Crippen molar-refractivity contribution in [1.29, 1.82) is 0 Å². The van der Waals surface area contributed by atoms with Crippen molar-refractivity contribution in [3.05, 3.63) is 22.5 Å². The second kappa shape index (κ2) is 2.99. The van der Waals surface area contributed by atoms with E-state index in [-0.39, 0.29) is 12.5 Å². The van der Waals surface area contributed by atoms with Gasteiger partial charge in [0.25, 0.3) is 5.91 Å². The highest BCUT2D eigenvalue weighted by atomic mass is 16.6. The summed E-state index contributed by atoms with van der Waals surface area (Å²) < 4.78 is 1.07. The topological polar surface area (TPSA) is 104 Å². The molecule has 1 heterocycles. The molecule has 0 unspecified atom stereocenters. The summed E-state index contributed by atoms with van der Waals surface area (Å²) in [7, 11) is 0. The van der Waals surface area contributed by atoms with Gasteiger partial charge in [-0.15, -0.1) is 0 Å². The van der Waals surface area contributed by atoms with Crippen molar-refractivity contribution in [2.24, 2.45) is 5.73 Å². The van der Waals surface area contributed by atoms with Crippen LogP contribution < -0.4 is 5.73 Å². The maximum Gasteiger partial charge on any atom is 0.435 e. The second-order valence-electron chi connectivity index (χ2n) is 2.08. The Morgan fingerprint density at radius 1 is 1.83 bits per heavy atom. The van der Waals surface area contributed by atoms with Crippen LogP contribution >= 0.6 is 0 Å². The summed E-state index contributed by atoms with van der Waals surface area (Å²) in [5.41, 5.74) is 4.84. The largest absolute Gasteiger partial charge is 0.435 e. The van der Waals surface area contributed by atoms with Gasteiger partial charge in [-0.25, -0.2) is 4.57 Å². The number of rotatable bonds is 3. The molecule has 0 saturated carbocycles. The Morgan fingerprint density at radius 2 is 2.50 bits per heavy atom. The van der Waals surface area contributed by atoms with E-state index in [4.69, 9.17) is 5.73 Å². The predicted octanol–water partition coefficient (Wildman–Crippen LogP) is -0.723. The van der Waals surface area contributed by atoms with Crippen molar-refractivity contribution in [3.8, 4) is 0 Å². The highest BCUT2D eigenvalue weighted by Crippen LogP contribution is 2.05. The third kappa shape index (κ3) is 1.57. The molecule has 1 amide bonds. The van der Waals surface area contributed by atoms with Crippen LogP contribution in [-0.2, 0) is 11.3 Å². The molecular weight excluding hydrogens is 164 g/mol. The van der Waals surface area contributed by atoms with Gasteiger partial charge >= 0.3 is 5.95 Å². The van der Waals surface area contributed by atoms with E-state index in [0.29, 0.717) is 0 Å². The van der Waals surface area contributed by atoms with Gasteiger partial charge in [-0.1, -0.05) is 4.98 Å². The minimum absolute atomic E-state index is 0.226. The Hall–Kier alpha value is -1.92. The van der Waals surface area contributed by atoms with Gasteiger partial charge in [-0.2, -0.15) is 0 Å². The van der Waals surface area contributed by atoms with Crippen LogP contribution in [0.2, 0.25) is 0 Å². The summed E-state index contributed by atoms with van der Waals surface area (Å²) in [5.74, 6) is -1.02. The number of nitro groups is 1. The minimum Gasteiger partial charge on any atom is -0.390 e. The van der Waals surface area contributed by atoms with Crippen molar-refractivity contribution in [2.75, 3.05) is 0 Å². The smallest absolute Gasteiger partial charge is 0.390 e. The van der Waals surface area contributed by atoms with Crippen LogP contribution in [0.4, 0.5) is 5.95 Å². The molecule has 0 aliphatic heterocycles. The summed E-state index contributed by atoms with van der Waals surface area (Å²) in [4.78, 5) is 23.4. The van der Waals surface area contributed by atoms with Crippen LogP contribution in [0.15, 0.2) is 12.4 Å². The Balaban J connectivity index is 2.91. The Labute approximate surface area is 67.0 Å². The molecule has 1 aromatic rings. The molecule has 7 nitrogen and oxygen atoms in total. The Kier molecular flexibility index (Phi) is 2.04. The number of primary amides is 1.